The minimum atomic E-state index is -5.12. The SMILES string of the molecule is O=C(O[C@H]1CCN(C(=O)c2cc(C(F)(F)F)cc(C(F)(F)F)c2)[C@H](Cc2ccc(Cl)cc2Cl)C1)c1cnc2ccccc2c1. The average Bonchev–Trinajstić information content (AvgIpc) is 2.97. The smallest absolute Gasteiger partial charge is 0.416 e. The molecular formula is C31H22Cl2F6N2O3. The maximum Gasteiger partial charge on any atom is 0.416 e. The third kappa shape index (κ3) is 7.10. The Labute approximate surface area is 257 Å². The average molecular weight is 655 g/mol. The Hall–Kier alpha value is -3.83. The van der Waals surface area contributed by atoms with Gasteiger partial charge in [-0.05, 0) is 54.4 Å². The lowest BCUT2D eigenvalue weighted by Gasteiger charge is -2.39. The molecule has 1 aromatic heterocycles. The number of ether oxygens (including phenoxy) is 1. The Bertz CT molecular complexity index is 1690. The molecule has 0 radical (unpaired) electrons. The Kier molecular flexibility index (Phi) is 8.82. The van der Waals surface area contributed by atoms with E-state index in [1.807, 2.05) is 0 Å². The van der Waals surface area contributed by atoms with Crippen LogP contribution < -0.4 is 0 Å². The van der Waals surface area contributed by atoms with Gasteiger partial charge >= 0.3 is 18.3 Å². The summed E-state index contributed by atoms with van der Waals surface area (Å²) in [5.41, 5.74) is -2.55. The minimum Gasteiger partial charge on any atom is -0.459 e. The molecule has 2 atom stereocenters. The molecule has 2 heterocycles. The number of aromatic nitrogens is 1. The van der Waals surface area contributed by atoms with Crippen LogP contribution in [0.1, 0.15) is 50.2 Å². The topological polar surface area (TPSA) is 59.5 Å². The number of rotatable bonds is 5. The molecule has 4 aromatic rings. The van der Waals surface area contributed by atoms with Gasteiger partial charge in [0.1, 0.15) is 6.10 Å². The Morgan fingerprint density at radius 1 is 0.886 bits per heavy atom. The van der Waals surface area contributed by atoms with Crippen molar-refractivity contribution in [2.24, 2.45) is 0 Å². The molecule has 13 heteroatoms. The van der Waals surface area contributed by atoms with Gasteiger partial charge in [-0.25, -0.2) is 4.79 Å². The highest BCUT2D eigenvalue weighted by Gasteiger charge is 2.40. The number of benzene rings is 3. The largest absolute Gasteiger partial charge is 0.459 e. The first kappa shape index (κ1) is 31.6. The van der Waals surface area contributed by atoms with Gasteiger partial charge in [-0.1, -0.05) is 47.5 Å². The van der Waals surface area contributed by atoms with Crippen molar-refractivity contribution in [1.29, 1.82) is 0 Å². The van der Waals surface area contributed by atoms with Crippen LogP contribution in [-0.2, 0) is 23.5 Å². The highest BCUT2D eigenvalue weighted by Crippen LogP contribution is 2.37. The number of carbonyl (C=O) groups is 2. The summed E-state index contributed by atoms with van der Waals surface area (Å²) in [5.74, 6) is -1.69. The molecule has 230 valence electrons. The van der Waals surface area contributed by atoms with Gasteiger partial charge in [-0.3, -0.25) is 9.78 Å². The standard InChI is InChI=1S/C31H22Cl2F6N2O3/c32-23-6-5-17(26(33)14-23)12-24-15-25(44-29(43)20-9-18-3-1-2-4-27(18)40-16-20)7-8-41(24)28(42)19-10-21(30(34,35)36)13-22(11-19)31(37,38)39/h1-6,9-11,13-14,16,24-25H,7-8,12,15H2/t24-,25+/m1/s1. The Balaban J connectivity index is 1.44. The van der Waals surface area contributed by atoms with E-state index in [-0.39, 0.29) is 42.5 Å². The zero-order valence-corrected chi connectivity index (χ0v) is 24.1. The number of para-hydroxylation sites is 1. The molecule has 1 aliphatic rings. The molecular weight excluding hydrogens is 633 g/mol. The highest BCUT2D eigenvalue weighted by molar-refractivity contribution is 6.35. The molecule has 1 fully saturated rings. The maximum absolute atomic E-state index is 13.6. The van der Waals surface area contributed by atoms with Gasteiger partial charge in [0, 0.05) is 52.6 Å². The number of hydrogen-bond donors (Lipinski definition) is 0. The van der Waals surface area contributed by atoms with Gasteiger partial charge in [-0.2, -0.15) is 26.3 Å². The quantitative estimate of drug-likeness (QED) is 0.160. The third-order valence-electron chi connectivity index (χ3n) is 7.33. The second-order valence-corrected chi connectivity index (χ2v) is 11.2. The van der Waals surface area contributed by atoms with Crippen LogP contribution in [0.5, 0.6) is 0 Å². The number of amides is 1. The van der Waals surface area contributed by atoms with Crippen LogP contribution in [0.25, 0.3) is 10.9 Å². The lowest BCUT2D eigenvalue weighted by atomic mass is 9.92. The van der Waals surface area contributed by atoms with Crippen LogP contribution in [0.15, 0.2) is 72.9 Å². The number of alkyl halides is 6. The second-order valence-electron chi connectivity index (χ2n) is 10.4. The Morgan fingerprint density at radius 2 is 1.57 bits per heavy atom. The van der Waals surface area contributed by atoms with Crippen LogP contribution in [-0.4, -0.2) is 40.5 Å². The summed E-state index contributed by atoms with van der Waals surface area (Å²) < 4.78 is 86.8. The van der Waals surface area contributed by atoms with Gasteiger partial charge in [0.15, 0.2) is 0 Å². The molecule has 44 heavy (non-hydrogen) atoms. The van der Waals surface area contributed by atoms with Crippen molar-refractivity contribution in [2.45, 2.75) is 43.8 Å². The molecule has 0 spiro atoms. The highest BCUT2D eigenvalue weighted by atomic mass is 35.5. The molecule has 1 aliphatic heterocycles. The summed E-state index contributed by atoms with van der Waals surface area (Å²) in [6.45, 7) is -0.111. The lowest BCUT2D eigenvalue weighted by molar-refractivity contribution is -0.143. The summed E-state index contributed by atoms with van der Waals surface area (Å²) in [5, 5.41) is 1.32. The van der Waals surface area contributed by atoms with E-state index in [1.54, 1.807) is 42.5 Å². The van der Waals surface area contributed by atoms with E-state index in [2.05, 4.69) is 4.98 Å². The molecule has 5 nitrogen and oxygen atoms in total. The molecule has 1 saturated heterocycles. The first-order valence-electron chi connectivity index (χ1n) is 13.3. The van der Waals surface area contributed by atoms with E-state index >= 15 is 0 Å². The molecule has 0 saturated carbocycles. The van der Waals surface area contributed by atoms with Gasteiger partial charge in [-0.15, -0.1) is 0 Å². The van der Waals surface area contributed by atoms with Crippen LogP contribution in [0, 0.1) is 0 Å². The fraction of sp³-hybridized carbons (Fsp3) is 0.258. The zero-order valence-electron chi connectivity index (χ0n) is 22.6. The van der Waals surface area contributed by atoms with Crippen LogP contribution in [0.2, 0.25) is 10.0 Å². The summed E-state index contributed by atoms with van der Waals surface area (Å²) in [6.07, 6.45) is -9.38. The molecule has 0 bridgehead atoms. The number of halogens is 8. The summed E-state index contributed by atoms with van der Waals surface area (Å²) in [6, 6.07) is 13.4. The van der Waals surface area contributed by atoms with Gasteiger partial charge in [0.25, 0.3) is 5.91 Å². The number of esters is 1. The van der Waals surface area contributed by atoms with Crippen molar-refractivity contribution >= 4 is 46.0 Å². The minimum absolute atomic E-state index is 0.0327. The fourth-order valence-electron chi connectivity index (χ4n) is 5.17. The zero-order chi connectivity index (χ0) is 31.8. The van der Waals surface area contributed by atoms with Gasteiger partial charge < -0.3 is 9.64 Å². The predicted molar refractivity (Wildman–Crippen MR) is 152 cm³/mol. The molecule has 5 rings (SSSR count). The van der Waals surface area contributed by atoms with E-state index in [0.717, 1.165) is 5.39 Å². The van der Waals surface area contributed by atoms with Crippen LogP contribution in [0.4, 0.5) is 26.3 Å². The van der Waals surface area contributed by atoms with Crippen molar-refractivity contribution in [3.63, 3.8) is 0 Å². The molecule has 0 unspecified atom stereocenters. The second kappa shape index (κ2) is 12.3. The monoisotopic (exact) mass is 654 g/mol. The fourth-order valence-corrected chi connectivity index (χ4v) is 5.66. The van der Waals surface area contributed by atoms with Crippen LogP contribution >= 0.6 is 23.2 Å². The van der Waals surface area contributed by atoms with E-state index in [1.165, 1.54) is 17.2 Å². The lowest BCUT2D eigenvalue weighted by Crippen LogP contribution is -2.49. The summed E-state index contributed by atoms with van der Waals surface area (Å²) in [4.78, 5) is 32.1. The predicted octanol–water partition coefficient (Wildman–Crippen LogP) is 8.65. The van der Waals surface area contributed by atoms with Gasteiger partial charge in [0.2, 0.25) is 0 Å². The number of piperidine rings is 1. The van der Waals surface area contributed by atoms with E-state index in [9.17, 15) is 35.9 Å². The van der Waals surface area contributed by atoms with Crippen molar-refractivity contribution in [3.8, 4) is 0 Å². The van der Waals surface area contributed by atoms with Crippen molar-refractivity contribution in [3.05, 3.63) is 111 Å². The summed E-state index contributed by atoms with van der Waals surface area (Å²) in [7, 11) is 0. The molecule has 0 N–H and O–H groups in total. The Morgan fingerprint density at radius 3 is 2.23 bits per heavy atom. The molecule has 0 aliphatic carbocycles. The third-order valence-corrected chi connectivity index (χ3v) is 7.92. The van der Waals surface area contributed by atoms with E-state index < -0.39 is 53.1 Å². The number of hydrogen-bond acceptors (Lipinski definition) is 4. The van der Waals surface area contributed by atoms with Crippen LogP contribution in [0.3, 0.4) is 0 Å². The number of likely N-dealkylation sites (tertiary alicyclic amines) is 1. The number of nitrogens with zero attached hydrogens (tertiary/aromatic N) is 2. The van der Waals surface area contributed by atoms with E-state index in [0.29, 0.717) is 28.2 Å². The van der Waals surface area contributed by atoms with Crippen molar-refractivity contribution in [2.75, 3.05) is 6.54 Å². The number of carbonyl (C=O) groups excluding carboxylic acids is 2. The number of pyridine rings is 1. The summed E-state index contributed by atoms with van der Waals surface area (Å²) >= 11 is 12.4. The van der Waals surface area contributed by atoms with Crippen molar-refractivity contribution in [1.82, 2.24) is 9.88 Å². The van der Waals surface area contributed by atoms with E-state index in [4.69, 9.17) is 27.9 Å². The number of fused-ring (bicyclic) bond motifs is 1. The first-order valence-corrected chi connectivity index (χ1v) is 14.0. The molecule has 3 aromatic carbocycles. The normalized spacial score (nSPS) is 17.5. The maximum atomic E-state index is 13.6. The van der Waals surface area contributed by atoms with Crippen molar-refractivity contribution < 1.29 is 40.7 Å². The first-order chi connectivity index (χ1) is 20.7. The molecule has 1 amide bonds. The van der Waals surface area contributed by atoms with Gasteiger partial charge in [0.05, 0.1) is 22.2 Å².